The molecule has 0 fully saturated rings. The summed E-state index contributed by atoms with van der Waals surface area (Å²) in [6, 6.07) is 39.1. The SMILES string of the molecule is C1=CC(=C(c2ccccc2)c2ccccc2)C=C1C1c2ccccc2-c2ccccc21. The Kier molecular flexibility index (Phi) is 4.28. The Morgan fingerprint density at radius 2 is 0.968 bits per heavy atom. The molecule has 146 valence electrons. The highest BCUT2D eigenvalue weighted by Gasteiger charge is 2.31. The molecule has 0 bridgehead atoms. The third-order valence-corrected chi connectivity index (χ3v) is 6.36. The van der Waals surface area contributed by atoms with Crippen molar-refractivity contribution < 1.29 is 0 Å². The van der Waals surface area contributed by atoms with Crippen LogP contribution in [0, 0.1) is 0 Å². The zero-order valence-electron chi connectivity index (χ0n) is 17.2. The van der Waals surface area contributed by atoms with Gasteiger partial charge >= 0.3 is 0 Å². The van der Waals surface area contributed by atoms with Crippen LogP contribution in [0.15, 0.2) is 139 Å². The Hall–Kier alpha value is -3.90. The maximum atomic E-state index is 2.39. The Labute approximate surface area is 183 Å². The van der Waals surface area contributed by atoms with Crippen molar-refractivity contribution in [3.8, 4) is 11.1 Å². The molecule has 4 aromatic rings. The predicted octanol–water partition coefficient (Wildman–Crippen LogP) is 7.80. The molecule has 0 N–H and O–H groups in total. The fraction of sp³-hybridized carbons (Fsp3) is 0.0323. The molecule has 31 heavy (non-hydrogen) atoms. The maximum absolute atomic E-state index is 2.39. The van der Waals surface area contributed by atoms with E-state index in [9.17, 15) is 0 Å². The third-order valence-electron chi connectivity index (χ3n) is 6.36. The van der Waals surface area contributed by atoms with E-state index < -0.39 is 0 Å². The highest BCUT2D eigenvalue weighted by Crippen LogP contribution is 2.49. The minimum atomic E-state index is 0.286. The van der Waals surface area contributed by atoms with E-state index in [1.807, 2.05) is 0 Å². The topological polar surface area (TPSA) is 0 Å². The van der Waals surface area contributed by atoms with Gasteiger partial charge in [-0.15, -0.1) is 0 Å². The van der Waals surface area contributed by atoms with Crippen LogP contribution in [0.5, 0.6) is 0 Å². The Balaban J connectivity index is 1.53. The fourth-order valence-corrected chi connectivity index (χ4v) is 5.02. The molecule has 0 aliphatic heterocycles. The maximum Gasteiger partial charge on any atom is 0.0352 e. The van der Waals surface area contributed by atoms with Gasteiger partial charge in [0, 0.05) is 5.92 Å². The molecule has 0 unspecified atom stereocenters. The van der Waals surface area contributed by atoms with Crippen LogP contribution in [-0.4, -0.2) is 0 Å². The monoisotopic (exact) mass is 394 g/mol. The van der Waals surface area contributed by atoms with Crippen molar-refractivity contribution in [2.24, 2.45) is 0 Å². The molecule has 0 spiro atoms. The lowest BCUT2D eigenvalue weighted by Gasteiger charge is -2.14. The number of rotatable bonds is 3. The summed E-state index contributed by atoms with van der Waals surface area (Å²) in [4.78, 5) is 0. The van der Waals surface area contributed by atoms with Gasteiger partial charge in [-0.1, -0.05) is 127 Å². The first-order chi connectivity index (χ1) is 15.4. The quantitative estimate of drug-likeness (QED) is 0.332. The highest BCUT2D eigenvalue weighted by atomic mass is 14.3. The van der Waals surface area contributed by atoms with Crippen LogP contribution in [-0.2, 0) is 0 Å². The molecule has 0 saturated heterocycles. The second kappa shape index (κ2) is 7.41. The molecule has 0 saturated carbocycles. The van der Waals surface area contributed by atoms with Crippen LogP contribution >= 0.6 is 0 Å². The number of fused-ring (bicyclic) bond motifs is 3. The van der Waals surface area contributed by atoms with Gasteiger partial charge in [-0.25, -0.2) is 0 Å². The number of hydrogen-bond donors (Lipinski definition) is 0. The Morgan fingerprint density at radius 1 is 0.484 bits per heavy atom. The summed E-state index contributed by atoms with van der Waals surface area (Å²) in [5.41, 5.74) is 11.9. The fourth-order valence-electron chi connectivity index (χ4n) is 5.02. The molecular weight excluding hydrogens is 372 g/mol. The van der Waals surface area contributed by atoms with Crippen LogP contribution in [0.3, 0.4) is 0 Å². The van der Waals surface area contributed by atoms with Gasteiger partial charge < -0.3 is 0 Å². The molecule has 0 aromatic heterocycles. The van der Waals surface area contributed by atoms with Gasteiger partial charge in [0.1, 0.15) is 0 Å². The highest BCUT2D eigenvalue weighted by molar-refractivity contribution is 5.88. The van der Waals surface area contributed by atoms with Crippen LogP contribution in [0.2, 0.25) is 0 Å². The number of benzene rings is 4. The predicted molar refractivity (Wildman–Crippen MR) is 130 cm³/mol. The van der Waals surface area contributed by atoms with E-state index in [4.69, 9.17) is 0 Å². The zero-order chi connectivity index (χ0) is 20.6. The molecule has 6 rings (SSSR count). The van der Waals surface area contributed by atoms with Crippen molar-refractivity contribution in [1.82, 2.24) is 0 Å². The van der Waals surface area contributed by atoms with E-state index in [2.05, 4.69) is 127 Å². The van der Waals surface area contributed by atoms with E-state index in [-0.39, 0.29) is 5.92 Å². The minimum absolute atomic E-state index is 0.286. The smallest absolute Gasteiger partial charge is 0.0352 e. The van der Waals surface area contributed by atoms with Gasteiger partial charge in [0.15, 0.2) is 0 Å². The largest absolute Gasteiger partial charge is 0.0622 e. The van der Waals surface area contributed by atoms with Gasteiger partial charge in [0.05, 0.1) is 0 Å². The van der Waals surface area contributed by atoms with Crippen LogP contribution in [0.1, 0.15) is 28.2 Å². The first kappa shape index (κ1) is 17.9. The molecule has 0 atom stereocenters. The van der Waals surface area contributed by atoms with Crippen molar-refractivity contribution in [3.63, 3.8) is 0 Å². The molecule has 0 heteroatoms. The van der Waals surface area contributed by atoms with Crippen molar-refractivity contribution in [2.45, 2.75) is 5.92 Å². The molecule has 0 nitrogen and oxygen atoms in total. The van der Waals surface area contributed by atoms with Crippen molar-refractivity contribution >= 4 is 5.57 Å². The molecule has 0 heterocycles. The van der Waals surface area contributed by atoms with Crippen LogP contribution in [0.25, 0.3) is 16.7 Å². The first-order valence-electron chi connectivity index (χ1n) is 10.8. The van der Waals surface area contributed by atoms with Gasteiger partial charge in [0.25, 0.3) is 0 Å². The average molecular weight is 395 g/mol. The molecule has 4 aromatic carbocycles. The Morgan fingerprint density at radius 3 is 1.52 bits per heavy atom. The summed E-state index contributed by atoms with van der Waals surface area (Å²) >= 11 is 0. The summed E-state index contributed by atoms with van der Waals surface area (Å²) in [5, 5.41) is 0. The Bertz CT molecular complexity index is 1260. The second-order valence-corrected chi connectivity index (χ2v) is 8.15. The summed E-state index contributed by atoms with van der Waals surface area (Å²) in [7, 11) is 0. The summed E-state index contributed by atoms with van der Waals surface area (Å²) in [6.07, 6.45) is 6.98. The van der Waals surface area contributed by atoms with E-state index in [1.54, 1.807) is 0 Å². The van der Waals surface area contributed by atoms with Gasteiger partial charge in [-0.05, 0) is 50.1 Å². The molecule has 2 aliphatic carbocycles. The number of allylic oxidation sites excluding steroid dienone is 5. The average Bonchev–Trinajstić information content (AvgIpc) is 3.43. The first-order valence-corrected chi connectivity index (χ1v) is 10.8. The minimum Gasteiger partial charge on any atom is -0.0622 e. The van der Waals surface area contributed by atoms with Gasteiger partial charge in [-0.3, -0.25) is 0 Å². The van der Waals surface area contributed by atoms with E-state index in [1.165, 1.54) is 50.1 Å². The van der Waals surface area contributed by atoms with E-state index in [0.717, 1.165) is 0 Å². The van der Waals surface area contributed by atoms with E-state index in [0.29, 0.717) is 0 Å². The van der Waals surface area contributed by atoms with Crippen molar-refractivity contribution in [2.75, 3.05) is 0 Å². The van der Waals surface area contributed by atoms with Crippen molar-refractivity contribution in [1.29, 1.82) is 0 Å². The second-order valence-electron chi connectivity index (χ2n) is 8.15. The van der Waals surface area contributed by atoms with Crippen molar-refractivity contribution in [3.05, 3.63) is 161 Å². The van der Waals surface area contributed by atoms with Gasteiger partial charge in [0.2, 0.25) is 0 Å². The lowest BCUT2D eigenvalue weighted by Crippen LogP contribution is -1.98. The van der Waals surface area contributed by atoms with E-state index >= 15 is 0 Å². The summed E-state index contributed by atoms with van der Waals surface area (Å²) in [6.45, 7) is 0. The summed E-state index contributed by atoms with van der Waals surface area (Å²) in [5.74, 6) is 0.286. The molecule has 2 aliphatic rings. The number of hydrogen-bond acceptors (Lipinski definition) is 0. The zero-order valence-corrected chi connectivity index (χ0v) is 17.2. The third kappa shape index (κ3) is 3.00. The molecule has 0 radical (unpaired) electrons. The lowest BCUT2D eigenvalue weighted by atomic mass is 9.89. The lowest BCUT2D eigenvalue weighted by molar-refractivity contribution is 1.02. The van der Waals surface area contributed by atoms with Crippen LogP contribution < -0.4 is 0 Å². The standard InChI is InChI=1S/C31H22/c1-3-11-22(12-4-1)30(23-13-5-2-6-14-23)24-19-20-25(21-24)31-28-17-9-7-15-26(28)27-16-8-10-18-29(27)31/h1-21,31H. The summed E-state index contributed by atoms with van der Waals surface area (Å²) < 4.78 is 0. The normalized spacial score (nSPS) is 14.3. The molecule has 0 amide bonds. The van der Waals surface area contributed by atoms with Gasteiger partial charge in [-0.2, -0.15) is 0 Å². The van der Waals surface area contributed by atoms with Crippen LogP contribution in [0.4, 0.5) is 0 Å². The molecular formula is C31H22.